The first-order valence-corrected chi connectivity index (χ1v) is 7.34. The van der Waals surface area contributed by atoms with Crippen molar-refractivity contribution in [3.8, 4) is 11.4 Å². The monoisotopic (exact) mass is 367 g/mol. The van der Waals surface area contributed by atoms with E-state index in [4.69, 9.17) is 5.73 Å². The van der Waals surface area contributed by atoms with Gasteiger partial charge in [0, 0.05) is 25.8 Å². The zero-order valence-corrected chi connectivity index (χ0v) is 12.8. The molecule has 3 rings (SSSR count). The Morgan fingerprint density at radius 2 is 1.89 bits per heavy atom. The van der Waals surface area contributed by atoms with Crippen LogP contribution in [0.2, 0.25) is 0 Å². The molecule has 1 aromatic heterocycles. The average molecular weight is 369 g/mol. The van der Waals surface area contributed by atoms with Crippen molar-refractivity contribution in [3.63, 3.8) is 0 Å². The van der Waals surface area contributed by atoms with Crippen LogP contribution in [-0.2, 0) is 12.8 Å². The van der Waals surface area contributed by atoms with Gasteiger partial charge in [0.2, 0.25) is 0 Å². The molecule has 0 atom stereocenters. The van der Waals surface area contributed by atoms with E-state index >= 15 is 0 Å². The fraction of sp³-hybridized carbons (Fsp3) is 0.231. The summed E-state index contributed by atoms with van der Waals surface area (Å²) < 4.78 is 2.00. The number of aromatic nitrogens is 2. The van der Waals surface area contributed by atoms with Gasteiger partial charge in [0.15, 0.2) is 5.82 Å². The van der Waals surface area contributed by atoms with Gasteiger partial charge in [-0.25, -0.2) is 9.97 Å². The number of nitrogen functional groups attached to an aromatic ring is 1. The molecule has 0 saturated heterocycles. The Balaban J connectivity index is 2.12. The molecule has 18 heavy (non-hydrogen) atoms. The molecule has 1 aliphatic rings. The molecule has 0 saturated carbocycles. The van der Waals surface area contributed by atoms with Crippen LogP contribution in [0.3, 0.4) is 0 Å². The number of hydrogen-bond acceptors (Lipinski definition) is 3. The molecule has 92 valence electrons. The lowest BCUT2D eigenvalue weighted by molar-refractivity contribution is 0.900. The molecule has 2 N–H and O–H groups in total. The SMILES string of the molecule is Nc1nc(-c2ccc(Br)c(Br)c2)nc2c1CCC2. The van der Waals surface area contributed by atoms with Crippen molar-refractivity contribution in [2.75, 3.05) is 5.73 Å². The largest absolute Gasteiger partial charge is 0.383 e. The molecule has 1 aliphatic carbocycles. The summed E-state index contributed by atoms with van der Waals surface area (Å²) in [5, 5.41) is 0. The van der Waals surface area contributed by atoms with E-state index in [2.05, 4.69) is 41.8 Å². The van der Waals surface area contributed by atoms with Crippen LogP contribution in [0, 0.1) is 0 Å². The zero-order chi connectivity index (χ0) is 12.7. The van der Waals surface area contributed by atoms with Crippen LogP contribution < -0.4 is 5.73 Å². The second-order valence-corrected chi connectivity index (χ2v) is 6.05. The van der Waals surface area contributed by atoms with Gasteiger partial charge in [-0.05, 0) is 69.3 Å². The molecule has 1 heterocycles. The van der Waals surface area contributed by atoms with Crippen molar-refractivity contribution in [1.82, 2.24) is 9.97 Å². The third-order valence-corrected chi connectivity index (χ3v) is 5.02. The molecule has 2 aromatic rings. The van der Waals surface area contributed by atoms with Gasteiger partial charge in [0.25, 0.3) is 0 Å². The number of halogens is 2. The first-order chi connectivity index (χ1) is 8.65. The summed E-state index contributed by atoms with van der Waals surface area (Å²) in [7, 11) is 0. The molecule has 0 amide bonds. The number of aryl methyl sites for hydroxylation is 1. The number of fused-ring (bicyclic) bond motifs is 1. The normalized spacial score (nSPS) is 13.7. The van der Waals surface area contributed by atoms with Crippen LogP contribution in [0.15, 0.2) is 27.1 Å². The fourth-order valence-electron chi connectivity index (χ4n) is 2.23. The maximum absolute atomic E-state index is 6.01. The lowest BCUT2D eigenvalue weighted by atomic mass is 10.2. The summed E-state index contributed by atoms with van der Waals surface area (Å²) in [6.07, 6.45) is 3.14. The van der Waals surface area contributed by atoms with E-state index in [0.29, 0.717) is 11.6 Å². The summed E-state index contributed by atoms with van der Waals surface area (Å²) in [6, 6.07) is 5.97. The van der Waals surface area contributed by atoms with E-state index in [1.54, 1.807) is 0 Å². The van der Waals surface area contributed by atoms with Crippen LogP contribution in [-0.4, -0.2) is 9.97 Å². The predicted molar refractivity (Wildman–Crippen MR) is 79.3 cm³/mol. The van der Waals surface area contributed by atoms with Crippen LogP contribution in [0.4, 0.5) is 5.82 Å². The number of rotatable bonds is 1. The van der Waals surface area contributed by atoms with Gasteiger partial charge in [-0.15, -0.1) is 0 Å². The maximum Gasteiger partial charge on any atom is 0.161 e. The van der Waals surface area contributed by atoms with E-state index < -0.39 is 0 Å². The van der Waals surface area contributed by atoms with Gasteiger partial charge in [-0.1, -0.05) is 0 Å². The molecule has 0 radical (unpaired) electrons. The van der Waals surface area contributed by atoms with Crippen LogP contribution >= 0.6 is 31.9 Å². The van der Waals surface area contributed by atoms with E-state index in [9.17, 15) is 0 Å². The second-order valence-electron chi connectivity index (χ2n) is 4.34. The lowest BCUT2D eigenvalue weighted by Crippen LogP contribution is -2.02. The molecule has 0 bridgehead atoms. The zero-order valence-electron chi connectivity index (χ0n) is 9.58. The van der Waals surface area contributed by atoms with Gasteiger partial charge in [0.05, 0.1) is 0 Å². The van der Waals surface area contributed by atoms with E-state index in [1.165, 1.54) is 0 Å². The van der Waals surface area contributed by atoms with Crippen molar-refractivity contribution in [1.29, 1.82) is 0 Å². The highest BCUT2D eigenvalue weighted by Crippen LogP contribution is 2.30. The first-order valence-electron chi connectivity index (χ1n) is 5.76. The minimum atomic E-state index is 0.631. The van der Waals surface area contributed by atoms with Crippen molar-refractivity contribution in [2.24, 2.45) is 0 Å². The molecule has 0 unspecified atom stereocenters. The summed E-state index contributed by atoms with van der Waals surface area (Å²) in [4.78, 5) is 9.04. The quantitative estimate of drug-likeness (QED) is 0.834. The third kappa shape index (κ3) is 2.06. The molecule has 0 aliphatic heterocycles. The Hall–Kier alpha value is -0.940. The first kappa shape index (κ1) is 12.1. The van der Waals surface area contributed by atoms with Gasteiger partial charge < -0.3 is 5.73 Å². The number of nitrogens with zero attached hydrogens (tertiary/aromatic N) is 2. The summed E-state index contributed by atoms with van der Waals surface area (Å²) in [5.41, 5.74) is 9.23. The standard InChI is InChI=1S/C13H11Br2N3/c14-9-5-4-7(6-10(9)15)13-17-11-3-1-2-8(11)12(16)18-13/h4-6H,1-3H2,(H2,16,17,18). The smallest absolute Gasteiger partial charge is 0.161 e. The predicted octanol–water partition coefficient (Wildman–Crippen LogP) is 3.74. The lowest BCUT2D eigenvalue weighted by Gasteiger charge is -2.07. The molecule has 5 heteroatoms. The van der Waals surface area contributed by atoms with E-state index in [-0.39, 0.29) is 0 Å². The molecular formula is C13H11Br2N3. The Morgan fingerprint density at radius 1 is 1.06 bits per heavy atom. The highest BCUT2D eigenvalue weighted by molar-refractivity contribution is 9.13. The van der Waals surface area contributed by atoms with Crippen LogP contribution in [0.5, 0.6) is 0 Å². The van der Waals surface area contributed by atoms with Gasteiger partial charge in [-0.2, -0.15) is 0 Å². The van der Waals surface area contributed by atoms with Crippen molar-refractivity contribution in [2.45, 2.75) is 19.3 Å². The van der Waals surface area contributed by atoms with Crippen molar-refractivity contribution >= 4 is 37.7 Å². The number of anilines is 1. The van der Waals surface area contributed by atoms with Gasteiger partial charge in [0.1, 0.15) is 5.82 Å². The Bertz CT molecular complexity index is 626. The molecule has 0 fully saturated rings. The Kier molecular flexibility index (Phi) is 3.11. The Morgan fingerprint density at radius 3 is 2.67 bits per heavy atom. The highest BCUT2D eigenvalue weighted by Gasteiger charge is 2.18. The Labute approximate surface area is 122 Å². The van der Waals surface area contributed by atoms with Crippen molar-refractivity contribution < 1.29 is 0 Å². The summed E-state index contributed by atoms with van der Waals surface area (Å²) >= 11 is 6.94. The fourth-order valence-corrected chi connectivity index (χ4v) is 2.85. The third-order valence-electron chi connectivity index (χ3n) is 3.14. The number of benzene rings is 1. The average Bonchev–Trinajstić information content (AvgIpc) is 2.81. The second kappa shape index (κ2) is 4.63. The number of nitrogens with two attached hydrogens (primary N) is 1. The van der Waals surface area contributed by atoms with Crippen molar-refractivity contribution in [3.05, 3.63) is 38.4 Å². The van der Waals surface area contributed by atoms with Gasteiger partial charge >= 0.3 is 0 Å². The minimum Gasteiger partial charge on any atom is -0.383 e. The highest BCUT2D eigenvalue weighted by atomic mass is 79.9. The van der Waals surface area contributed by atoms with Crippen LogP contribution in [0.1, 0.15) is 17.7 Å². The maximum atomic E-state index is 6.01. The summed E-state index contributed by atoms with van der Waals surface area (Å²) in [5.74, 6) is 1.34. The molecular weight excluding hydrogens is 358 g/mol. The summed E-state index contributed by atoms with van der Waals surface area (Å²) in [6.45, 7) is 0. The van der Waals surface area contributed by atoms with Gasteiger partial charge in [-0.3, -0.25) is 0 Å². The molecule has 1 aromatic carbocycles. The topological polar surface area (TPSA) is 51.8 Å². The molecule has 3 nitrogen and oxygen atoms in total. The van der Waals surface area contributed by atoms with Crippen LogP contribution in [0.25, 0.3) is 11.4 Å². The minimum absolute atomic E-state index is 0.631. The van der Waals surface area contributed by atoms with E-state index in [1.807, 2.05) is 18.2 Å². The molecule has 0 spiro atoms. The van der Waals surface area contributed by atoms with E-state index in [0.717, 1.165) is 45.0 Å². The number of hydrogen-bond donors (Lipinski definition) is 1.